The van der Waals surface area contributed by atoms with Crippen molar-refractivity contribution < 1.29 is 14.9 Å². The van der Waals surface area contributed by atoms with Crippen LogP contribution in [0, 0.1) is 5.92 Å². The number of nitrogens with one attached hydrogen (secondary N) is 2. The minimum atomic E-state index is -0.769. The zero-order valence-electron chi connectivity index (χ0n) is 12.8. The van der Waals surface area contributed by atoms with Gasteiger partial charge in [-0.15, -0.1) is 0 Å². The molecule has 2 rings (SSSR count). The molecule has 2 aliphatic heterocycles. The Morgan fingerprint density at radius 1 is 1.52 bits per heavy atom. The van der Waals surface area contributed by atoms with Crippen LogP contribution in [-0.4, -0.2) is 73.3 Å². The summed E-state index contributed by atoms with van der Waals surface area (Å²) >= 11 is 0. The fraction of sp³-hybridized carbons (Fsp3) is 0.929. The SMILES string of the molecule is CNCCN1CC[C@H]2[C@@H]1CN[C@@]2(CCCC[B]O)C(=O)O. The van der Waals surface area contributed by atoms with Crippen LogP contribution in [0.1, 0.15) is 25.7 Å². The summed E-state index contributed by atoms with van der Waals surface area (Å²) in [6.45, 7) is 3.69. The number of nitrogens with zero attached hydrogens (tertiary/aromatic N) is 1. The number of carboxylic acids is 1. The number of likely N-dealkylation sites (N-methyl/N-ethyl adjacent to an activating group) is 1. The zero-order valence-corrected chi connectivity index (χ0v) is 12.8. The van der Waals surface area contributed by atoms with Gasteiger partial charge in [0, 0.05) is 31.6 Å². The van der Waals surface area contributed by atoms with Crippen LogP contribution >= 0.6 is 0 Å². The van der Waals surface area contributed by atoms with E-state index < -0.39 is 11.5 Å². The molecule has 2 saturated heterocycles. The molecule has 0 unspecified atom stereocenters. The summed E-state index contributed by atoms with van der Waals surface area (Å²) in [7, 11) is 3.10. The highest BCUT2D eigenvalue weighted by atomic mass is 16.4. The molecule has 4 N–H and O–H groups in total. The maximum atomic E-state index is 11.9. The molecule has 1 radical (unpaired) electrons. The number of carboxylic acid groups (broad SMARTS) is 1. The first-order valence-electron chi connectivity index (χ1n) is 7.98. The van der Waals surface area contributed by atoms with Crippen molar-refractivity contribution >= 4 is 13.5 Å². The van der Waals surface area contributed by atoms with Gasteiger partial charge in [0.1, 0.15) is 5.54 Å². The van der Waals surface area contributed by atoms with E-state index in [1.54, 1.807) is 0 Å². The number of fused-ring (bicyclic) bond motifs is 1. The fourth-order valence-corrected chi connectivity index (χ4v) is 3.97. The predicted octanol–water partition coefficient (Wildman–Crippen LogP) is -0.477. The zero-order chi connectivity index (χ0) is 15.3. The molecular formula is C14H27BN3O3. The lowest BCUT2D eigenvalue weighted by atomic mass is 9.78. The first-order valence-corrected chi connectivity index (χ1v) is 7.98. The second-order valence-electron chi connectivity index (χ2n) is 6.19. The van der Waals surface area contributed by atoms with Gasteiger partial charge in [-0.3, -0.25) is 9.69 Å². The molecule has 119 valence electrons. The quantitative estimate of drug-likeness (QED) is 0.340. The molecule has 0 aliphatic carbocycles. The molecule has 6 nitrogen and oxygen atoms in total. The number of hydrogen-bond acceptors (Lipinski definition) is 5. The molecule has 3 atom stereocenters. The van der Waals surface area contributed by atoms with E-state index in [2.05, 4.69) is 15.5 Å². The van der Waals surface area contributed by atoms with Gasteiger partial charge in [-0.25, -0.2) is 0 Å². The van der Waals surface area contributed by atoms with Crippen molar-refractivity contribution in [2.45, 2.75) is 43.6 Å². The van der Waals surface area contributed by atoms with Crippen molar-refractivity contribution in [3.63, 3.8) is 0 Å². The maximum absolute atomic E-state index is 11.9. The Balaban J connectivity index is 1.98. The molecule has 2 aliphatic rings. The Morgan fingerprint density at radius 3 is 3.00 bits per heavy atom. The van der Waals surface area contributed by atoms with E-state index in [9.17, 15) is 9.90 Å². The van der Waals surface area contributed by atoms with Gasteiger partial charge >= 0.3 is 5.97 Å². The lowest BCUT2D eigenvalue weighted by Crippen LogP contribution is -2.52. The summed E-state index contributed by atoms with van der Waals surface area (Å²) in [5.41, 5.74) is -0.769. The summed E-state index contributed by atoms with van der Waals surface area (Å²) < 4.78 is 0. The van der Waals surface area contributed by atoms with E-state index in [1.807, 2.05) is 7.05 Å². The summed E-state index contributed by atoms with van der Waals surface area (Å²) in [6, 6.07) is 0.346. The van der Waals surface area contributed by atoms with E-state index in [1.165, 1.54) is 0 Å². The molecule has 0 saturated carbocycles. The lowest BCUT2D eigenvalue weighted by molar-refractivity contribution is -0.146. The molecule has 0 spiro atoms. The van der Waals surface area contributed by atoms with E-state index in [4.69, 9.17) is 5.02 Å². The standard InChI is InChI=1S/C14H27BN3O3/c1-16-7-9-18-8-4-11-12(18)10-17-14(11,13(19)20)5-2-3-6-15-21/h11-12,16-17,21H,2-10H2,1H3,(H,19,20)/t11-,12-,14+/m0/s1. The lowest BCUT2D eigenvalue weighted by Gasteiger charge is -2.31. The number of likely N-dealkylation sites (tertiary alicyclic amines) is 1. The van der Waals surface area contributed by atoms with Crippen LogP contribution in [0.15, 0.2) is 0 Å². The molecule has 21 heavy (non-hydrogen) atoms. The fourth-order valence-electron chi connectivity index (χ4n) is 3.97. The molecule has 0 aromatic heterocycles. The minimum Gasteiger partial charge on any atom is -0.480 e. The molecule has 2 heterocycles. The topological polar surface area (TPSA) is 84.8 Å². The van der Waals surface area contributed by atoms with Crippen molar-refractivity contribution in [1.82, 2.24) is 15.5 Å². The van der Waals surface area contributed by atoms with Crippen LogP contribution in [0.4, 0.5) is 0 Å². The first-order chi connectivity index (χ1) is 10.2. The van der Waals surface area contributed by atoms with Crippen molar-refractivity contribution in [2.24, 2.45) is 5.92 Å². The Bertz CT molecular complexity index is 358. The van der Waals surface area contributed by atoms with Gasteiger partial charge in [0.2, 0.25) is 0 Å². The predicted molar refractivity (Wildman–Crippen MR) is 82.4 cm³/mol. The van der Waals surface area contributed by atoms with Crippen LogP contribution in [-0.2, 0) is 4.79 Å². The Morgan fingerprint density at radius 2 is 2.33 bits per heavy atom. The number of rotatable bonds is 9. The molecule has 0 bridgehead atoms. The highest BCUT2D eigenvalue weighted by Crippen LogP contribution is 2.41. The number of hydrogen-bond donors (Lipinski definition) is 4. The van der Waals surface area contributed by atoms with Crippen molar-refractivity contribution in [2.75, 3.05) is 33.2 Å². The summed E-state index contributed by atoms with van der Waals surface area (Å²) in [5.74, 6) is -0.511. The van der Waals surface area contributed by atoms with Crippen LogP contribution in [0.3, 0.4) is 0 Å². The molecule has 0 aromatic carbocycles. The van der Waals surface area contributed by atoms with Gasteiger partial charge in [0.25, 0.3) is 7.48 Å². The van der Waals surface area contributed by atoms with E-state index in [0.29, 0.717) is 18.8 Å². The monoisotopic (exact) mass is 296 g/mol. The van der Waals surface area contributed by atoms with E-state index in [0.717, 1.165) is 52.9 Å². The Hall–Kier alpha value is -0.625. The highest BCUT2D eigenvalue weighted by molar-refractivity contribution is 6.25. The number of unbranched alkanes of at least 4 members (excludes halogenated alkanes) is 1. The third-order valence-corrected chi connectivity index (χ3v) is 5.11. The molecular weight excluding hydrogens is 269 g/mol. The normalized spacial score (nSPS) is 32.3. The van der Waals surface area contributed by atoms with Gasteiger partial charge < -0.3 is 20.8 Å². The summed E-state index contributed by atoms with van der Waals surface area (Å²) in [5, 5.41) is 25.0. The minimum absolute atomic E-state index is 0.199. The first kappa shape index (κ1) is 16.7. The Labute approximate surface area is 127 Å². The van der Waals surface area contributed by atoms with Gasteiger partial charge in [0.05, 0.1) is 0 Å². The van der Waals surface area contributed by atoms with Gasteiger partial charge in [-0.1, -0.05) is 19.2 Å². The van der Waals surface area contributed by atoms with Crippen LogP contribution in [0.2, 0.25) is 6.32 Å². The average molecular weight is 296 g/mol. The van der Waals surface area contributed by atoms with Gasteiger partial charge in [-0.2, -0.15) is 0 Å². The van der Waals surface area contributed by atoms with Crippen LogP contribution in [0.25, 0.3) is 0 Å². The van der Waals surface area contributed by atoms with E-state index in [-0.39, 0.29) is 5.92 Å². The summed E-state index contributed by atoms with van der Waals surface area (Å²) in [4.78, 5) is 14.3. The molecule has 0 amide bonds. The maximum Gasteiger partial charge on any atom is 0.324 e. The highest BCUT2D eigenvalue weighted by Gasteiger charge is 2.56. The number of aliphatic carboxylic acids is 1. The molecule has 7 heteroatoms. The second-order valence-corrected chi connectivity index (χ2v) is 6.19. The average Bonchev–Trinajstić information content (AvgIpc) is 3.03. The van der Waals surface area contributed by atoms with Crippen LogP contribution in [0.5, 0.6) is 0 Å². The molecule has 2 fully saturated rings. The Kier molecular flexibility index (Phi) is 6.04. The van der Waals surface area contributed by atoms with E-state index >= 15 is 0 Å². The third-order valence-electron chi connectivity index (χ3n) is 5.11. The third kappa shape index (κ3) is 3.42. The number of carbonyl (C=O) groups is 1. The van der Waals surface area contributed by atoms with Crippen molar-refractivity contribution in [1.29, 1.82) is 0 Å². The largest absolute Gasteiger partial charge is 0.480 e. The van der Waals surface area contributed by atoms with Gasteiger partial charge in [-0.05, 0) is 26.4 Å². The summed E-state index contributed by atoms with van der Waals surface area (Å²) in [6.07, 6.45) is 3.92. The van der Waals surface area contributed by atoms with Gasteiger partial charge in [0.15, 0.2) is 0 Å². The van der Waals surface area contributed by atoms with Crippen LogP contribution < -0.4 is 10.6 Å². The molecule has 0 aromatic rings. The van der Waals surface area contributed by atoms with Crippen molar-refractivity contribution in [3.05, 3.63) is 0 Å². The smallest absolute Gasteiger partial charge is 0.324 e. The van der Waals surface area contributed by atoms with Crippen molar-refractivity contribution in [3.8, 4) is 0 Å². The second kappa shape index (κ2) is 7.58.